The Balaban J connectivity index is 0. The number of halogens is 4. The van der Waals surface area contributed by atoms with E-state index in [-0.39, 0.29) is 68.2 Å². The zero-order valence-corrected chi connectivity index (χ0v) is 65.4. The van der Waals surface area contributed by atoms with Crippen LogP contribution in [0.1, 0.15) is 156 Å². The number of carbonyl (C=O) groups excluding carboxylic acids is 11. The summed E-state index contributed by atoms with van der Waals surface area (Å²) in [5, 5.41) is 23.1. The average molecular weight is 1440 g/mol. The number of likely N-dealkylation sites (N-methyl/N-ethyl adjacent to an activating group) is 7. The van der Waals surface area contributed by atoms with Gasteiger partial charge in [0.05, 0.1) is 12.6 Å². The number of carbonyl (C=O) groups is 11. The van der Waals surface area contributed by atoms with Crippen LogP contribution in [-0.2, 0) is 52.7 Å². The zero-order chi connectivity index (χ0) is 73.8. The molecule has 0 radical (unpaired) electrons. The highest BCUT2D eigenvalue weighted by Gasteiger charge is 2.46. The zero-order valence-electron chi connectivity index (χ0n) is 62.3. The van der Waals surface area contributed by atoms with E-state index in [0.717, 1.165) is 29.4 Å². The summed E-state index contributed by atoms with van der Waals surface area (Å²) in [6, 6.07) is -12.3. The van der Waals surface area contributed by atoms with Gasteiger partial charge in [0.1, 0.15) is 60.4 Å². The molecule has 0 aromatic carbocycles. The van der Waals surface area contributed by atoms with Crippen LogP contribution in [0.4, 0.5) is 0 Å². The summed E-state index contributed by atoms with van der Waals surface area (Å²) in [5.74, 6) is -7.77. The second-order valence-electron chi connectivity index (χ2n) is 28.0. The first-order valence-corrected chi connectivity index (χ1v) is 35.4. The van der Waals surface area contributed by atoms with Gasteiger partial charge in [0, 0.05) is 86.6 Å². The van der Waals surface area contributed by atoms with E-state index >= 15 is 9.59 Å². The van der Waals surface area contributed by atoms with Crippen LogP contribution in [0.3, 0.4) is 0 Å². The van der Waals surface area contributed by atoms with Crippen molar-refractivity contribution in [1.29, 1.82) is 0 Å². The van der Waals surface area contributed by atoms with Gasteiger partial charge in [0.2, 0.25) is 65.0 Å². The Morgan fingerprint density at radius 3 is 1.29 bits per heavy atom. The number of allylic oxidation sites excluding steroid dienone is 2. The molecule has 1 heterocycles. The van der Waals surface area contributed by atoms with E-state index in [2.05, 4.69) is 26.2 Å². The molecular weight excluding hydrogens is 1320 g/mol. The van der Waals surface area contributed by atoms with E-state index in [1.165, 1.54) is 87.7 Å². The van der Waals surface area contributed by atoms with Crippen LogP contribution < -0.4 is 21.3 Å². The third kappa shape index (κ3) is 29.1. The SMILES string of the molecule is CC=CCC(C)C(O)C1C(=O)NC(CC)C(=O)N(C)CC(=O)N(C)C(CC(C)C)C(=O)NC(C(C)C)C(=O)N(C)C(CC(C)C)C(=O)NC(C)C(=O)NC(C)C(=O)N(C)C(CC(C)C)C(=O)N(C)C(CC(C)C)C(=O)N(C)C(C(C)C)C(=O)N1C.Cl.ClCCN(CCCl)CCCl. The van der Waals surface area contributed by atoms with Gasteiger partial charge in [-0.15, -0.1) is 47.2 Å². The van der Waals surface area contributed by atoms with Crippen molar-refractivity contribution in [2.45, 2.75) is 223 Å². The first-order chi connectivity index (χ1) is 44.1. The van der Waals surface area contributed by atoms with Gasteiger partial charge < -0.3 is 60.7 Å². The molecule has 24 nitrogen and oxygen atoms in total. The Morgan fingerprint density at radius 2 is 0.875 bits per heavy atom. The summed E-state index contributed by atoms with van der Waals surface area (Å²) in [6.07, 6.45) is 3.04. The second kappa shape index (κ2) is 45.6. The van der Waals surface area contributed by atoms with E-state index in [1.54, 1.807) is 54.5 Å². The van der Waals surface area contributed by atoms with E-state index in [1.807, 2.05) is 61.5 Å². The summed E-state index contributed by atoms with van der Waals surface area (Å²) >= 11 is 16.6. The predicted octanol–water partition coefficient (Wildman–Crippen LogP) is 5.70. The molecule has 0 aromatic rings. The van der Waals surface area contributed by atoms with Gasteiger partial charge >= 0.3 is 0 Å². The lowest BCUT2D eigenvalue weighted by Crippen LogP contribution is -2.63. The van der Waals surface area contributed by atoms with Crippen LogP contribution >= 0.6 is 47.2 Å². The molecular formula is C68H124Cl4N12O12. The Hall–Kier alpha value is -5.01. The monoisotopic (exact) mass is 1440 g/mol. The topological polar surface area (TPSA) is 282 Å². The molecule has 0 bridgehead atoms. The van der Waals surface area contributed by atoms with Gasteiger partial charge in [-0.05, 0) is 101 Å². The van der Waals surface area contributed by atoms with Crippen molar-refractivity contribution in [1.82, 2.24) is 60.5 Å². The van der Waals surface area contributed by atoms with E-state index in [0.29, 0.717) is 24.1 Å². The minimum Gasteiger partial charge on any atom is -0.390 e. The summed E-state index contributed by atoms with van der Waals surface area (Å²) < 4.78 is 0. The van der Waals surface area contributed by atoms with Crippen LogP contribution in [-0.4, -0.2) is 269 Å². The fraction of sp³-hybridized carbons (Fsp3) is 0.809. The van der Waals surface area contributed by atoms with Crippen LogP contribution in [0.2, 0.25) is 0 Å². The third-order valence-electron chi connectivity index (χ3n) is 17.3. The molecule has 556 valence electrons. The molecule has 5 N–H and O–H groups in total. The maximum atomic E-state index is 15.1. The number of rotatable bonds is 21. The molecule has 0 saturated carbocycles. The average Bonchev–Trinajstić information content (AvgIpc) is 0.818. The lowest BCUT2D eigenvalue weighted by atomic mass is 9.91. The number of amides is 11. The number of aliphatic hydroxyl groups excluding tert-OH is 1. The Kier molecular flexibility index (Phi) is 44.2. The number of nitrogens with zero attached hydrogens (tertiary/aromatic N) is 8. The van der Waals surface area contributed by atoms with Crippen molar-refractivity contribution in [3.63, 3.8) is 0 Å². The minimum atomic E-state index is -1.61. The number of nitrogens with one attached hydrogen (secondary N) is 4. The molecule has 11 amide bonds. The molecule has 28 heteroatoms. The highest BCUT2D eigenvalue weighted by atomic mass is 35.5. The van der Waals surface area contributed by atoms with Crippen LogP contribution in [0.25, 0.3) is 0 Å². The van der Waals surface area contributed by atoms with E-state index in [4.69, 9.17) is 34.8 Å². The summed E-state index contributed by atoms with van der Waals surface area (Å²) in [4.78, 5) is 171. The molecule has 1 aliphatic heterocycles. The van der Waals surface area contributed by atoms with E-state index in [9.17, 15) is 48.3 Å². The molecule has 12 atom stereocenters. The van der Waals surface area contributed by atoms with Crippen LogP contribution in [0.15, 0.2) is 12.2 Å². The molecule has 0 spiro atoms. The van der Waals surface area contributed by atoms with Gasteiger partial charge in [0.15, 0.2) is 0 Å². The molecule has 96 heavy (non-hydrogen) atoms. The molecule has 1 fully saturated rings. The first-order valence-electron chi connectivity index (χ1n) is 33.8. The van der Waals surface area contributed by atoms with Crippen molar-refractivity contribution >= 4 is 112 Å². The van der Waals surface area contributed by atoms with Gasteiger partial charge in [-0.25, -0.2) is 0 Å². The predicted molar refractivity (Wildman–Crippen MR) is 384 cm³/mol. The molecule has 0 aromatic heterocycles. The summed E-state index contributed by atoms with van der Waals surface area (Å²) in [6.45, 7) is 32.0. The largest absolute Gasteiger partial charge is 0.390 e. The van der Waals surface area contributed by atoms with Crippen molar-refractivity contribution in [2.75, 3.05) is 93.2 Å². The number of hydrogen-bond acceptors (Lipinski definition) is 13. The molecule has 0 aliphatic carbocycles. The van der Waals surface area contributed by atoms with Crippen LogP contribution in [0.5, 0.6) is 0 Å². The molecule has 12 unspecified atom stereocenters. The number of alkyl halides is 3. The summed E-state index contributed by atoms with van der Waals surface area (Å²) in [7, 11) is 9.92. The van der Waals surface area contributed by atoms with Crippen molar-refractivity contribution in [3.8, 4) is 0 Å². The fourth-order valence-electron chi connectivity index (χ4n) is 11.4. The standard InChI is InChI=1S/C62H111N11O12.C6H12Cl3N.ClH/c1-25-27-28-40(15)52(75)51-56(79)65-43(26-2)58(81)67(18)33-48(74)68(19)44(29-34(3)4)55(78)66-49(38(11)12)61(84)69(20)45(30-35(5)6)54(77)63-41(16)53(76)64-42(17)57(80)70(21)46(31-36(7)8)59(82)71(22)47(32-37(9)10)60(83)72(23)50(39(13)14)62(85)73(51)24;7-1-4-10(5-2-8)6-3-9;/h25,27,34-47,49-52,75H,26,28-33H2,1-24H3,(H,63,77)(H,64,76)(H,65,79)(H,66,78);1-6H2;1H. The maximum absolute atomic E-state index is 15.1. The highest BCUT2D eigenvalue weighted by molar-refractivity contribution is 6.19. The quantitative estimate of drug-likeness (QED) is 0.0683. The molecule has 1 rings (SSSR count). The third-order valence-corrected chi connectivity index (χ3v) is 17.8. The van der Waals surface area contributed by atoms with Crippen molar-refractivity contribution in [3.05, 3.63) is 12.2 Å². The van der Waals surface area contributed by atoms with Gasteiger partial charge in [-0.1, -0.05) is 109 Å². The Labute approximate surface area is 596 Å². The van der Waals surface area contributed by atoms with Gasteiger partial charge in [0.25, 0.3) is 0 Å². The lowest BCUT2D eigenvalue weighted by Gasteiger charge is -2.41. The Morgan fingerprint density at radius 1 is 0.479 bits per heavy atom. The molecule has 1 saturated heterocycles. The van der Waals surface area contributed by atoms with Crippen LogP contribution in [0, 0.1) is 41.4 Å². The lowest BCUT2D eigenvalue weighted by molar-refractivity contribution is -0.157. The normalized spacial score (nSPS) is 24.9. The smallest absolute Gasteiger partial charge is 0.246 e. The van der Waals surface area contributed by atoms with Gasteiger partial charge in [-0.2, -0.15) is 0 Å². The minimum absolute atomic E-state index is 0. The van der Waals surface area contributed by atoms with Crippen molar-refractivity contribution in [2.24, 2.45) is 41.4 Å². The number of hydrogen-bond donors (Lipinski definition) is 5. The van der Waals surface area contributed by atoms with Gasteiger partial charge in [-0.3, -0.25) is 57.6 Å². The maximum Gasteiger partial charge on any atom is 0.246 e. The number of aliphatic hydroxyl groups is 1. The van der Waals surface area contributed by atoms with Crippen molar-refractivity contribution < 1.29 is 57.8 Å². The second-order valence-corrected chi connectivity index (χ2v) is 29.1. The first kappa shape index (κ1) is 93.0. The Bertz CT molecular complexity index is 2500. The highest BCUT2D eigenvalue weighted by Crippen LogP contribution is 2.26. The molecule has 1 aliphatic rings. The fourth-order valence-corrected chi connectivity index (χ4v) is 12.1. The van der Waals surface area contributed by atoms with E-state index < -0.39 is 156 Å². The summed E-state index contributed by atoms with van der Waals surface area (Å²) in [5.41, 5.74) is 0.